The number of alkyl halides is 2. The second-order valence-corrected chi connectivity index (χ2v) is 4.49. The molecule has 5 amide bonds. The molecule has 0 spiro atoms. The first-order valence-electron chi connectivity index (χ1n) is 6.28. The summed E-state index contributed by atoms with van der Waals surface area (Å²) in [5.74, 6) is -2.92. The van der Waals surface area contributed by atoms with Gasteiger partial charge in [0.25, 0.3) is 0 Å². The Morgan fingerprint density at radius 2 is 1.78 bits per heavy atom. The zero-order chi connectivity index (χ0) is 17.1. The molecule has 0 aliphatic carbocycles. The number of anilines is 1. The van der Waals surface area contributed by atoms with Crippen molar-refractivity contribution in [2.75, 3.05) is 18.9 Å². The van der Waals surface area contributed by atoms with Gasteiger partial charge in [-0.3, -0.25) is 19.3 Å². The van der Waals surface area contributed by atoms with E-state index in [0.29, 0.717) is 9.80 Å². The topological polar surface area (TPSA) is 96.0 Å². The van der Waals surface area contributed by atoms with E-state index in [2.05, 4.69) is 10.1 Å². The number of hydrogen-bond acceptors (Lipinski definition) is 5. The first-order valence-corrected chi connectivity index (χ1v) is 6.28. The monoisotopic (exact) mass is 327 g/mol. The molecule has 0 aromatic heterocycles. The highest BCUT2D eigenvalue weighted by molar-refractivity contribution is 6.44. The normalized spacial score (nSPS) is 14.7. The Bertz CT molecular complexity index is 662. The van der Waals surface area contributed by atoms with Crippen LogP contribution >= 0.6 is 0 Å². The van der Waals surface area contributed by atoms with Gasteiger partial charge in [0.15, 0.2) is 0 Å². The van der Waals surface area contributed by atoms with Crippen molar-refractivity contribution in [1.29, 1.82) is 0 Å². The van der Waals surface area contributed by atoms with Crippen LogP contribution in [-0.4, -0.2) is 53.8 Å². The maximum Gasteiger partial charge on any atom is 0.387 e. The molecule has 8 nitrogen and oxygen atoms in total. The summed E-state index contributed by atoms with van der Waals surface area (Å²) in [5.41, 5.74) is 0.246. The number of ether oxygens (including phenoxy) is 1. The highest BCUT2D eigenvalue weighted by Gasteiger charge is 2.42. The van der Waals surface area contributed by atoms with E-state index in [1.54, 1.807) is 0 Å². The summed E-state index contributed by atoms with van der Waals surface area (Å²) in [4.78, 5) is 47.3. The van der Waals surface area contributed by atoms with Gasteiger partial charge in [0.1, 0.15) is 12.3 Å². The van der Waals surface area contributed by atoms with Gasteiger partial charge in [-0.25, -0.2) is 9.69 Å². The number of nitrogens with one attached hydrogen (secondary N) is 1. The zero-order valence-corrected chi connectivity index (χ0v) is 11.8. The molecule has 1 N–H and O–H groups in total. The second-order valence-electron chi connectivity index (χ2n) is 4.49. The maximum absolute atomic E-state index is 12.0. The molecule has 0 bridgehead atoms. The first kappa shape index (κ1) is 16.3. The van der Waals surface area contributed by atoms with Crippen LogP contribution in [0.15, 0.2) is 24.3 Å². The fourth-order valence-corrected chi connectivity index (χ4v) is 1.82. The van der Waals surface area contributed by atoms with Gasteiger partial charge in [-0.05, 0) is 24.3 Å². The summed E-state index contributed by atoms with van der Waals surface area (Å²) in [6.07, 6.45) is 0. The quantitative estimate of drug-likeness (QED) is 0.633. The summed E-state index contributed by atoms with van der Waals surface area (Å²) < 4.78 is 28.2. The highest BCUT2D eigenvalue weighted by atomic mass is 19.3. The van der Waals surface area contributed by atoms with Crippen molar-refractivity contribution in [2.24, 2.45) is 0 Å². The summed E-state index contributed by atoms with van der Waals surface area (Å²) in [6, 6.07) is 4.15. The van der Waals surface area contributed by atoms with Crippen molar-refractivity contribution in [3.8, 4) is 5.75 Å². The molecule has 23 heavy (non-hydrogen) atoms. The molecule has 1 aromatic rings. The van der Waals surface area contributed by atoms with E-state index in [-0.39, 0.29) is 11.4 Å². The third kappa shape index (κ3) is 3.59. The van der Waals surface area contributed by atoms with Gasteiger partial charge in [0.2, 0.25) is 5.91 Å². The molecule has 0 unspecified atom stereocenters. The Balaban J connectivity index is 1.96. The molecule has 1 fully saturated rings. The third-order valence-electron chi connectivity index (χ3n) is 2.92. The number of halogens is 2. The smallest absolute Gasteiger partial charge is 0.387 e. The number of nitrogens with zero attached hydrogens (tertiary/aromatic N) is 2. The van der Waals surface area contributed by atoms with E-state index in [4.69, 9.17) is 0 Å². The van der Waals surface area contributed by atoms with Crippen LogP contribution in [0.25, 0.3) is 0 Å². The lowest BCUT2D eigenvalue weighted by molar-refractivity contribution is -0.143. The molecule has 1 aliphatic heterocycles. The Hall–Kier alpha value is -3.04. The largest absolute Gasteiger partial charge is 0.435 e. The first-order chi connectivity index (χ1) is 10.8. The van der Waals surface area contributed by atoms with Crippen LogP contribution < -0.4 is 10.1 Å². The number of urea groups is 1. The Morgan fingerprint density at radius 1 is 1.17 bits per heavy atom. The number of carbonyl (C=O) groups is 4. The maximum atomic E-state index is 12.0. The molecule has 0 radical (unpaired) electrons. The number of rotatable bonds is 5. The van der Waals surface area contributed by atoms with Crippen molar-refractivity contribution in [3.63, 3.8) is 0 Å². The molecular formula is C13H11F2N3O5. The fourth-order valence-electron chi connectivity index (χ4n) is 1.82. The molecule has 1 aliphatic rings. The Labute approximate surface area is 128 Å². The summed E-state index contributed by atoms with van der Waals surface area (Å²) >= 11 is 0. The number of amides is 5. The lowest BCUT2D eigenvalue weighted by Crippen LogP contribution is -2.38. The van der Waals surface area contributed by atoms with Crippen molar-refractivity contribution >= 4 is 29.4 Å². The average molecular weight is 327 g/mol. The van der Waals surface area contributed by atoms with Crippen LogP contribution in [0.4, 0.5) is 19.3 Å². The fraction of sp³-hybridized carbons (Fsp3) is 0.231. The van der Waals surface area contributed by atoms with E-state index in [0.717, 1.165) is 7.05 Å². The van der Waals surface area contributed by atoms with Crippen molar-refractivity contribution < 1.29 is 32.7 Å². The molecule has 1 saturated heterocycles. The standard InChI is InChI=1S/C13H11F2N3O5/c1-17-10(20)11(21)18(13(17)22)6-9(19)16-7-2-4-8(5-3-7)23-12(14)15/h2-5,12H,6H2,1H3,(H,16,19). The van der Waals surface area contributed by atoms with Crippen molar-refractivity contribution in [3.05, 3.63) is 24.3 Å². The van der Waals surface area contributed by atoms with Crippen molar-refractivity contribution in [1.82, 2.24) is 9.80 Å². The van der Waals surface area contributed by atoms with E-state index < -0.39 is 36.9 Å². The van der Waals surface area contributed by atoms with Crippen LogP contribution in [0.3, 0.4) is 0 Å². The number of imide groups is 2. The predicted octanol–water partition coefficient (Wildman–Crippen LogP) is 0.647. The van der Waals surface area contributed by atoms with Crippen molar-refractivity contribution in [2.45, 2.75) is 6.61 Å². The Kier molecular flexibility index (Phi) is 4.53. The summed E-state index contributed by atoms with van der Waals surface area (Å²) in [5, 5.41) is 2.36. The number of carbonyl (C=O) groups excluding carboxylic acids is 4. The minimum Gasteiger partial charge on any atom is -0.435 e. The lowest BCUT2D eigenvalue weighted by atomic mass is 10.3. The van der Waals surface area contributed by atoms with Crippen LogP contribution in [0, 0.1) is 0 Å². The van der Waals surface area contributed by atoms with E-state index in [9.17, 15) is 28.0 Å². The summed E-state index contributed by atoms with van der Waals surface area (Å²) in [6.45, 7) is -3.60. The van der Waals surface area contributed by atoms with Gasteiger partial charge < -0.3 is 10.1 Å². The SMILES string of the molecule is CN1C(=O)C(=O)N(CC(=O)Nc2ccc(OC(F)F)cc2)C1=O. The van der Waals surface area contributed by atoms with Gasteiger partial charge in [0.05, 0.1) is 0 Å². The van der Waals surface area contributed by atoms with Crippen LogP contribution in [0.5, 0.6) is 5.75 Å². The third-order valence-corrected chi connectivity index (χ3v) is 2.92. The molecule has 1 heterocycles. The van der Waals surface area contributed by atoms with Gasteiger partial charge in [0, 0.05) is 12.7 Å². The average Bonchev–Trinajstić information content (AvgIpc) is 2.67. The second kappa shape index (κ2) is 6.38. The minimum atomic E-state index is -2.96. The molecule has 2 rings (SSSR count). The minimum absolute atomic E-state index is 0.0879. The van der Waals surface area contributed by atoms with E-state index >= 15 is 0 Å². The highest BCUT2D eigenvalue weighted by Crippen LogP contribution is 2.18. The molecule has 122 valence electrons. The molecular weight excluding hydrogens is 316 g/mol. The van der Waals surface area contributed by atoms with Gasteiger partial charge in [-0.15, -0.1) is 0 Å². The zero-order valence-electron chi connectivity index (χ0n) is 11.8. The van der Waals surface area contributed by atoms with Gasteiger partial charge in [-0.1, -0.05) is 0 Å². The van der Waals surface area contributed by atoms with Crippen LogP contribution in [0.1, 0.15) is 0 Å². The number of likely N-dealkylation sites (N-methyl/N-ethyl adjacent to an activating group) is 1. The van der Waals surface area contributed by atoms with Crippen LogP contribution in [0.2, 0.25) is 0 Å². The van der Waals surface area contributed by atoms with Gasteiger partial charge in [-0.2, -0.15) is 8.78 Å². The predicted molar refractivity (Wildman–Crippen MR) is 71.6 cm³/mol. The number of benzene rings is 1. The van der Waals surface area contributed by atoms with E-state index in [1.165, 1.54) is 24.3 Å². The number of hydrogen-bond donors (Lipinski definition) is 1. The molecule has 1 aromatic carbocycles. The molecule has 0 atom stereocenters. The van der Waals surface area contributed by atoms with Gasteiger partial charge >= 0.3 is 24.5 Å². The molecule has 10 heteroatoms. The van der Waals surface area contributed by atoms with Crippen LogP contribution in [-0.2, 0) is 14.4 Å². The Morgan fingerprint density at radius 3 is 2.26 bits per heavy atom. The molecule has 0 saturated carbocycles. The lowest BCUT2D eigenvalue weighted by Gasteiger charge is -2.13. The van der Waals surface area contributed by atoms with E-state index in [1.807, 2.05) is 0 Å². The summed E-state index contributed by atoms with van der Waals surface area (Å²) in [7, 11) is 1.13.